The summed E-state index contributed by atoms with van der Waals surface area (Å²) in [5.74, 6) is 2.16. The Kier molecular flexibility index (Phi) is 3.81. The van der Waals surface area contributed by atoms with Gasteiger partial charge in [-0.25, -0.2) is 0 Å². The van der Waals surface area contributed by atoms with Gasteiger partial charge in [0.1, 0.15) is 5.75 Å². The van der Waals surface area contributed by atoms with Crippen molar-refractivity contribution >= 4 is 5.69 Å². The smallest absolute Gasteiger partial charge is 0.126 e. The van der Waals surface area contributed by atoms with Crippen LogP contribution < -0.4 is 9.64 Å². The van der Waals surface area contributed by atoms with Crippen molar-refractivity contribution in [2.45, 2.75) is 26.9 Å². The van der Waals surface area contributed by atoms with Crippen LogP contribution in [0.3, 0.4) is 0 Å². The Morgan fingerprint density at radius 3 is 2.39 bits per heavy atom. The lowest BCUT2D eigenvalue weighted by Crippen LogP contribution is -2.21. The molecule has 1 fully saturated rings. The molecule has 0 amide bonds. The summed E-state index contributed by atoms with van der Waals surface area (Å²) in [6.45, 7) is 8.46. The highest BCUT2D eigenvalue weighted by atomic mass is 16.5. The number of methoxy groups -OCH3 is 1. The number of hydrogen-bond acceptors (Lipinski definition) is 3. The quantitative estimate of drug-likeness (QED) is 0.894. The topological polar surface area (TPSA) is 32.7 Å². The molecule has 100 valence electrons. The van der Waals surface area contributed by atoms with Crippen LogP contribution in [0.4, 0.5) is 5.69 Å². The van der Waals surface area contributed by atoms with Crippen LogP contribution in [0.5, 0.6) is 5.75 Å². The van der Waals surface area contributed by atoms with Crippen molar-refractivity contribution in [2.75, 3.05) is 25.1 Å². The average molecular weight is 249 g/mol. The fraction of sp³-hybridized carbons (Fsp3) is 0.600. The lowest BCUT2D eigenvalue weighted by molar-refractivity contribution is 0.194. The van der Waals surface area contributed by atoms with Gasteiger partial charge in [-0.3, -0.25) is 0 Å². The van der Waals surface area contributed by atoms with E-state index < -0.39 is 6.10 Å². The lowest BCUT2D eigenvalue weighted by Gasteiger charge is -2.24. The minimum atomic E-state index is -0.512. The summed E-state index contributed by atoms with van der Waals surface area (Å²) in [4.78, 5) is 2.36. The van der Waals surface area contributed by atoms with Gasteiger partial charge in [0, 0.05) is 24.3 Å². The molecule has 0 saturated carbocycles. The van der Waals surface area contributed by atoms with E-state index in [9.17, 15) is 5.11 Å². The molecule has 1 heterocycles. The Morgan fingerprint density at radius 2 is 1.89 bits per heavy atom. The molecule has 1 aliphatic rings. The molecule has 2 unspecified atom stereocenters. The Morgan fingerprint density at radius 1 is 1.28 bits per heavy atom. The number of aliphatic hydroxyl groups is 1. The van der Waals surface area contributed by atoms with E-state index in [0.717, 1.165) is 30.1 Å². The van der Waals surface area contributed by atoms with Crippen LogP contribution in [0.2, 0.25) is 0 Å². The van der Waals surface area contributed by atoms with E-state index in [4.69, 9.17) is 4.74 Å². The van der Waals surface area contributed by atoms with Crippen molar-refractivity contribution in [3.8, 4) is 5.75 Å². The van der Waals surface area contributed by atoms with E-state index in [2.05, 4.69) is 24.8 Å². The summed E-state index contributed by atoms with van der Waals surface area (Å²) in [7, 11) is 1.65. The first kappa shape index (κ1) is 13.2. The average Bonchev–Trinajstić information content (AvgIpc) is 2.68. The van der Waals surface area contributed by atoms with E-state index in [0.29, 0.717) is 11.8 Å². The molecule has 0 spiro atoms. The van der Waals surface area contributed by atoms with Crippen LogP contribution in [0, 0.1) is 11.8 Å². The zero-order valence-electron chi connectivity index (χ0n) is 11.7. The van der Waals surface area contributed by atoms with Gasteiger partial charge >= 0.3 is 0 Å². The summed E-state index contributed by atoms with van der Waals surface area (Å²) in [6.07, 6.45) is -0.512. The summed E-state index contributed by atoms with van der Waals surface area (Å²) in [5.41, 5.74) is 2.02. The SMILES string of the molecule is COc1cccc(N2CC(C)C(C)C2)c1[C@H](C)O. The van der Waals surface area contributed by atoms with E-state index in [1.54, 1.807) is 14.0 Å². The molecule has 0 aliphatic carbocycles. The van der Waals surface area contributed by atoms with Gasteiger partial charge in [0.25, 0.3) is 0 Å². The Hall–Kier alpha value is -1.22. The molecule has 1 saturated heterocycles. The molecule has 3 atom stereocenters. The molecule has 1 aliphatic heterocycles. The Labute approximate surface area is 109 Å². The second-order valence-electron chi connectivity index (χ2n) is 5.43. The van der Waals surface area contributed by atoms with Crippen molar-refractivity contribution in [3.63, 3.8) is 0 Å². The molecule has 18 heavy (non-hydrogen) atoms. The van der Waals surface area contributed by atoms with Crippen molar-refractivity contribution < 1.29 is 9.84 Å². The molecule has 1 aromatic carbocycles. The van der Waals surface area contributed by atoms with Crippen LogP contribution in [-0.4, -0.2) is 25.3 Å². The maximum absolute atomic E-state index is 10.0. The Bertz CT molecular complexity index is 407. The first-order valence-electron chi connectivity index (χ1n) is 6.64. The van der Waals surface area contributed by atoms with Gasteiger partial charge in [-0.15, -0.1) is 0 Å². The van der Waals surface area contributed by atoms with Crippen LogP contribution in [-0.2, 0) is 0 Å². The third kappa shape index (κ3) is 2.32. The standard InChI is InChI=1S/C15H23NO2/c1-10-8-16(9-11(10)2)13-6-5-7-14(18-4)15(13)12(3)17/h5-7,10-12,17H,8-9H2,1-4H3/t10?,11?,12-/m0/s1. The molecular formula is C15H23NO2. The first-order valence-corrected chi connectivity index (χ1v) is 6.64. The lowest BCUT2D eigenvalue weighted by atomic mass is 10.0. The molecule has 3 heteroatoms. The fourth-order valence-electron chi connectivity index (χ4n) is 2.73. The molecule has 2 rings (SSSR count). The van der Waals surface area contributed by atoms with Crippen LogP contribution in [0.1, 0.15) is 32.4 Å². The molecule has 1 aromatic rings. The normalized spacial score (nSPS) is 25.3. The monoisotopic (exact) mass is 249 g/mol. The minimum Gasteiger partial charge on any atom is -0.496 e. The van der Waals surface area contributed by atoms with E-state index in [1.807, 2.05) is 12.1 Å². The second-order valence-corrected chi connectivity index (χ2v) is 5.43. The third-order valence-corrected chi connectivity index (χ3v) is 4.01. The fourth-order valence-corrected chi connectivity index (χ4v) is 2.73. The Balaban J connectivity index is 2.38. The second kappa shape index (κ2) is 5.19. The minimum absolute atomic E-state index is 0.512. The van der Waals surface area contributed by atoms with Gasteiger partial charge in [0.2, 0.25) is 0 Å². The summed E-state index contributed by atoms with van der Waals surface area (Å²) in [5, 5.41) is 10.0. The number of nitrogens with zero attached hydrogens (tertiary/aromatic N) is 1. The van der Waals surface area contributed by atoms with Crippen molar-refractivity contribution in [1.82, 2.24) is 0 Å². The predicted octanol–water partition coefficient (Wildman–Crippen LogP) is 2.84. The maximum Gasteiger partial charge on any atom is 0.126 e. The zero-order chi connectivity index (χ0) is 13.3. The predicted molar refractivity (Wildman–Crippen MR) is 74.2 cm³/mol. The largest absolute Gasteiger partial charge is 0.496 e. The van der Waals surface area contributed by atoms with Gasteiger partial charge < -0.3 is 14.7 Å². The van der Waals surface area contributed by atoms with Gasteiger partial charge in [-0.1, -0.05) is 19.9 Å². The highest BCUT2D eigenvalue weighted by Gasteiger charge is 2.29. The third-order valence-electron chi connectivity index (χ3n) is 4.01. The van der Waals surface area contributed by atoms with Gasteiger partial charge in [0.05, 0.1) is 13.2 Å². The summed E-state index contributed by atoms with van der Waals surface area (Å²) >= 11 is 0. The van der Waals surface area contributed by atoms with E-state index in [1.165, 1.54) is 0 Å². The van der Waals surface area contributed by atoms with E-state index >= 15 is 0 Å². The zero-order valence-corrected chi connectivity index (χ0v) is 11.7. The molecule has 0 bridgehead atoms. The van der Waals surface area contributed by atoms with Crippen LogP contribution in [0.25, 0.3) is 0 Å². The first-order chi connectivity index (χ1) is 8.54. The maximum atomic E-state index is 10.0. The van der Waals surface area contributed by atoms with Gasteiger partial charge in [-0.05, 0) is 30.9 Å². The van der Waals surface area contributed by atoms with Crippen LogP contribution >= 0.6 is 0 Å². The number of aliphatic hydroxyl groups excluding tert-OH is 1. The van der Waals surface area contributed by atoms with Gasteiger partial charge in [-0.2, -0.15) is 0 Å². The number of ether oxygens (including phenoxy) is 1. The molecular weight excluding hydrogens is 226 g/mol. The van der Waals surface area contributed by atoms with Crippen molar-refractivity contribution in [2.24, 2.45) is 11.8 Å². The molecule has 3 nitrogen and oxygen atoms in total. The van der Waals surface area contributed by atoms with Crippen LogP contribution in [0.15, 0.2) is 18.2 Å². The summed E-state index contributed by atoms with van der Waals surface area (Å²) in [6, 6.07) is 5.98. The highest BCUT2D eigenvalue weighted by Crippen LogP contribution is 2.37. The molecule has 1 N–H and O–H groups in total. The van der Waals surface area contributed by atoms with Crippen molar-refractivity contribution in [3.05, 3.63) is 23.8 Å². The highest BCUT2D eigenvalue weighted by molar-refractivity contribution is 5.61. The number of rotatable bonds is 3. The van der Waals surface area contributed by atoms with Crippen molar-refractivity contribution in [1.29, 1.82) is 0 Å². The molecule has 0 aromatic heterocycles. The number of anilines is 1. The number of benzene rings is 1. The van der Waals surface area contributed by atoms with E-state index in [-0.39, 0.29) is 0 Å². The van der Waals surface area contributed by atoms with Gasteiger partial charge in [0.15, 0.2) is 0 Å². The number of hydrogen-bond donors (Lipinski definition) is 1. The summed E-state index contributed by atoms with van der Waals surface area (Å²) < 4.78 is 5.37. The molecule has 0 radical (unpaired) electrons.